The quantitative estimate of drug-likeness (QED) is 0.607. The van der Waals surface area contributed by atoms with Crippen LogP contribution in [-0.4, -0.2) is 54.0 Å². The number of likely N-dealkylation sites (tertiary alicyclic amines) is 1. The van der Waals surface area contributed by atoms with Crippen molar-refractivity contribution in [1.29, 1.82) is 0 Å². The Labute approximate surface area is 186 Å². The van der Waals surface area contributed by atoms with Crippen LogP contribution in [0.3, 0.4) is 0 Å². The molecule has 1 aliphatic heterocycles. The van der Waals surface area contributed by atoms with E-state index in [4.69, 9.17) is 4.52 Å². The summed E-state index contributed by atoms with van der Waals surface area (Å²) in [5, 5.41) is 4.18. The molecule has 6 nitrogen and oxygen atoms in total. The maximum Gasteiger partial charge on any atom is 0.253 e. The highest BCUT2D eigenvalue weighted by Gasteiger charge is 2.45. The summed E-state index contributed by atoms with van der Waals surface area (Å²) in [5.74, 6) is -0.202. The van der Waals surface area contributed by atoms with Gasteiger partial charge in [0.2, 0.25) is 5.91 Å². The predicted molar refractivity (Wildman–Crippen MR) is 118 cm³/mol. The first kappa shape index (κ1) is 21.7. The highest BCUT2D eigenvalue weighted by molar-refractivity contribution is 5.95. The Balaban J connectivity index is 1.61. The molecule has 2 amide bonds. The van der Waals surface area contributed by atoms with Gasteiger partial charge >= 0.3 is 0 Å². The molecule has 2 aromatic carbocycles. The second-order valence-corrected chi connectivity index (χ2v) is 8.54. The fourth-order valence-corrected chi connectivity index (χ4v) is 4.45. The standard InChI is InChI=1S/C25H26FN3O3/c1-28(2)24(31)25(16-21-15-22(27-32-21)18-8-4-3-5-9-18)12-7-13-29(17-25)23(30)19-10-6-11-20(26)14-19/h3-6,8-11,14-15H,7,12-13,16-17H2,1-2H3/t25-/m0/s1. The largest absolute Gasteiger partial charge is 0.361 e. The molecular formula is C25H26FN3O3. The Morgan fingerprint density at radius 1 is 1.12 bits per heavy atom. The minimum Gasteiger partial charge on any atom is -0.361 e. The smallest absolute Gasteiger partial charge is 0.253 e. The van der Waals surface area contributed by atoms with Gasteiger partial charge in [-0.25, -0.2) is 4.39 Å². The number of carbonyl (C=O) groups is 2. The SMILES string of the molecule is CN(C)C(=O)[C@]1(Cc2cc(-c3ccccc3)no2)CCCN(C(=O)c2cccc(F)c2)C1. The Kier molecular flexibility index (Phi) is 6.08. The van der Waals surface area contributed by atoms with E-state index in [9.17, 15) is 14.0 Å². The number of rotatable bonds is 5. The van der Waals surface area contributed by atoms with Crippen LogP contribution in [0, 0.1) is 11.2 Å². The molecule has 0 spiro atoms. The van der Waals surface area contributed by atoms with E-state index in [1.165, 1.54) is 18.2 Å². The normalized spacial score (nSPS) is 18.4. The maximum atomic E-state index is 13.7. The first-order chi connectivity index (χ1) is 15.4. The van der Waals surface area contributed by atoms with Crippen molar-refractivity contribution in [3.8, 4) is 11.3 Å². The zero-order valence-electron chi connectivity index (χ0n) is 18.3. The van der Waals surface area contributed by atoms with Crippen molar-refractivity contribution in [3.05, 3.63) is 77.8 Å². The molecule has 1 aromatic heterocycles. The molecule has 2 heterocycles. The zero-order chi connectivity index (χ0) is 22.7. The topological polar surface area (TPSA) is 66.7 Å². The first-order valence-electron chi connectivity index (χ1n) is 10.7. The molecule has 0 bridgehead atoms. The van der Waals surface area contributed by atoms with Gasteiger partial charge in [0, 0.05) is 50.8 Å². The van der Waals surface area contributed by atoms with Gasteiger partial charge in [-0.1, -0.05) is 41.6 Å². The highest BCUT2D eigenvalue weighted by Crippen LogP contribution is 2.37. The van der Waals surface area contributed by atoms with Crippen molar-refractivity contribution in [1.82, 2.24) is 15.0 Å². The fraction of sp³-hybridized carbons (Fsp3) is 0.320. The molecule has 4 rings (SSSR count). The number of halogens is 1. The summed E-state index contributed by atoms with van der Waals surface area (Å²) in [7, 11) is 3.43. The van der Waals surface area contributed by atoms with E-state index in [-0.39, 0.29) is 23.9 Å². The lowest BCUT2D eigenvalue weighted by atomic mass is 9.75. The number of benzene rings is 2. The van der Waals surface area contributed by atoms with Crippen LogP contribution in [0.25, 0.3) is 11.3 Å². The Morgan fingerprint density at radius 2 is 1.91 bits per heavy atom. The van der Waals surface area contributed by atoms with Crippen LogP contribution in [0.2, 0.25) is 0 Å². The monoisotopic (exact) mass is 435 g/mol. The van der Waals surface area contributed by atoms with Crippen LogP contribution in [0.5, 0.6) is 0 Å². The molecular weight excluding hydrogens is 409 g/mol. The Hall–Kier alpha value is -3.48. The summed E-state index contributed by atoms with van der Waals surface area (Å²) in [4.78, 5) is 29.6. The zero-order valence-corrected chi connectivity index (χ0v) is 18.3. The third-order valence-electron chi connectivity index (χ3n) is 5.94. The number of aromatic nitrogens is 1. The van der Waals surface area contributed by atoms with Crippen LogP contribution in [0.1, 0.15) is 29.0 Å². The summed E-state index contributed by atoms with van der Waals surface area (Å²) in [5.41, 5.74) is 1.08. The number of nitrogens with zero attached hydrogens (tertiary/aromatic N) is 3. The van der Waals surface area contributed by atoms with E-state index in [0.29, 0.717) is 37.3 Å². The summed E-state index contributed by atoms with van der Waals surface area (Å²) in [6, 6.07) is 17.2. The minimum atomic E-state index is -0.835. The molecule has 1 aliphatic rings. The molecule has 1 atom stereocenters. The summed E-state index contributed by atoms with van der Waals surface area (Å²) < 4.78 is 19.3. The van der Waals surface area contributed by atoms with Gasteiger partial charge < -0.3 is 14.3 Å². The number of amides is 2. The molecule has 7 heteroatoms. The third kappa shape index (κ3) is 4.42. The average Bonchev–Trinajstić information content (AvgIpc) is 3.27. The van der Waals surface area contributed by atoms with Gasteiger partial charge in [-0.05, 0) is 31.0 Å². The van der Waals surface area contributed by atoms with Crippen molar-refractivity contribution in [2.45, 2.75) is 19.3 Å². The third-order valence-corrected chi connectivity index (χ3v) is 5.94. The van der Waals surface area contributed by atoms with Crippen molar-refractivity contribution in [2.75, 3.05) is 27.2 Å². The van der Waals surface area contributed by atoms with E-state index >= 15 is 0 Å². The summed E-state index contributed by atoms with van der Waals surface area (Å²) >= 11 is 0. The van der Waals surface area contributed by atoms with Crippen LogP contribution in [-0.2, 0) is 11.2 Å². The Bertz CT molecular complexity index is 1110. The second-order valence-electron chi connectivity index (χ2n) is 8.54. The molecule has 166 valence electrons. The molecule has 0 unspecified atom stereocenters. The van der Waals surface area contributed by atoms with E-state index in [1.807, 2.05) is 36.4 Å². The van der Waals surface area contributed by atoms with Crippen LogP contribution in [0.4, 0.5) is 4.39 Å². The van der Waals surface area contributed by atoms with Crippen molar-refractivity contribution < 1.29 is 18.5 Å². The number of piperidine rings is 1. The number of hydrogen-bond donors (Lipinski definition) is 0. The van der Waals surface area contributed by atoms with Gasteiger partial charge in [-0.3, -0.25) is 9.59 Å². The van der Waals surface area contributed by atoms with E-state index in [2.05, 4.69) is 5.16 Å². The first-order valence-corrected chi connectivity index (χ1v) is 10.7. The van der Waals surface area contributed by atoms with Crippen LogP contribution < -0.4 is 0 Å². The molecule has 32 heavy (non-hydrogen) atoms. The molecule has 1 fully saturated rings. The van der Waals surface area contributed by atoms with E-state index < -0.39 is 11.2 Å². The van der Waals surface area contributed by atoms with Gasteiger partial charge in [-0.2, -0.15) is 0 Å². The van der Waals surface area contributed by atoms with E-state index in [0.717, 1.165) is 5.56 Å². The number of carbonyl (C=O) groups excluding carboxylic acids is 2. The molecule has 0 N–H and O–H groups in total. The molecule has 1 saturated heterocycles. The summed E-state index contributed by atoms with van der Waals surface area (Å²) in [6.07, 6.45) is 1.62. The van der Waals surface area contributed by atoms with Crippen LogP contribution in [0.15, 0.2) is 65.2 Å². The van der Waals surface area contributed by atoms with Crippen molar-refractivity contribution in [3.63, 3.8) is 0 Å². The fourth-order valence-electron chi connectivity index (χ4n) is 4.45. The molecule has 0 radical (unpaired) electrons. The van der Waals surface area contributed by atoms with Gasteiger partial charge in [0.1, 0.15) is 17.3 Å². The minimum absolute atomic E-state index is 0.0631. The second kappa shape index (κ2) is 8.94. The highest BCUT2D eigenvalue weighted by atomic mass is 19.1. The molecule has 3 aromatic rings. The molecule has 0 saturated carbocycles. The van der Waals surface area contributed by atoms with Gasteiger partial charge in [0.15, 0.2) is 0 Å². The predicted octanol–water partition coefficient (Wildman–Crippen LogP) is 4.03. The van der Waals surface area contributed by atoms with Gasteiger partial charge in [0.25, 0.3) is 5.91 Å². The van der Waals surface area contributed by atoms with Crippen LogP contribution >= 0.6 is 0 Å². The summed E-state index contributed by atoms with van der Waals surface area (Å²) in [6.45, 7) is 0.754. The van der Waals surface area contributed by atoms with Gasteiger partial charge in [0.05, 0.1) is 5.41 Å². The van der Waals surface area contributed by atoms with Gasteiger partial charge in [-0.15, -0.1) is 0 Å². The lowest BCUT2D eigenvalue weighted by Gasteiger charge is -2.42. The van der Waals surface area contributed by atoms with E-state index in [1.54, 1.807) is 30.0 Å². The lowest BCUT2D eigenvalue weighted by Crippen LogP contribution is -2.54. The molecule has 0 aliphatic carbocycles. The maximum absolute atomic E-state index is 13.7. The van der Waals surface area contributed by atoms with Crippen molar-refractivity contribution >= 4 is 11.8 Å². The Morgan fingerprint density at radius 3 is 2.62 bits per heavy atom. The number of hydrogen-bond acceptors (Lipinski definition) is 4. The van der Waals surface area contributed by atoms with Crippen molar-refractivity contribution in [2.24, 2.45) is 5.41 Å². The lowest BCUT2D eigenvalue weighted by molar-refractivity contribution is -0.142. The average molecular weight is 435 g/mol.